The van der Waals surface area contributed by atoms with Gasteiger partial charge >= 0.3 is 0 Å². The average molecular weight is 261 g/mol. The monoisotopic (exact) mass is 261 g/mol. The third-order valence-corrected chi connectivity index (χ3v) is 3.19. The largest absolute Gasteiger partial charge is 0.337 e. The second-order valence-corrected chi connectivity index (χ2v) is 4.51. The fourth-order valence-electron chi connectivity index (χ4n) is 2.22. The second-order valence-electron chi connectivity index (χ2n) is 4.51. The third kappa shape index (κ3) is 1.76. The lowest BCUT2D eigenvalue weighted by Gasteiger charge is -2.04. The summed E-state index contributed by atoms with van der Waals surface area (Å²) < 4.78 is 0. The van der Waals surface area contributed by atoms with Gasteiger partial charge in [-0.2, -0.15) is 5.10 Å². The first kappa shape index (κ1) is 10.9. The summed E-state index contributed by atoms with van der Waals surface area (Å²) in [5, 5.41) is 11.6. The van der Waals surface area contributed by atoms with Crippen LogP contribution in [-0.4, -0.2) is 20.2 Å². The zero-order valence-electron chi connectivity index (χ0n) is 10.5. The zero-order valence-corrected chi connectivity index (χ0v) is 10.5. The highest BCUT2D eigenvalue weighted by Crippen LogP contribution is 2.23. The number of nitrogens with zero attached hydrogens (tertiary/aromatic N) is 3. The normalized spacial score (nSPS) is 11.0. The van der Waals surface area contributed by atoms with E-state index in [-0.39, 0.29) is 0 Å². The lowest BCUT2D eigenvalue weighted by molar-refractivity contribution is 1.12. The van der Waals surface area contributed by atoms with E-state index in [4.69, 9.17) is 0 Å². The maximum atomic E-state index is 4.35. The van der Waals surface area contributed by atoms with Crippen molar-refractivity contribution in [2.24, 2.45) is 0 Å². The molecule has 1 aromatic carbocycles. The Bertz CT molecular complexity index is 897. The minimum Gasteiger partial charge on any atom is -0.337 e. The van der Waals surface area contributed by atoms with Crippen molar-refractivity contribution in [3.8, 4) is 0 Å². The summed E-state index contributed by atoms with van der Waals surface area (Å²) in [7, 11) is 0. The number of H-pyrrole nitrogens is 1. The van der Waals surface area contributed by atoms with Gasteiger partial charge in [0.15, 0.2) is 5.82 Å². The van der Waals surface area contributed by atoms with Gasteiger partial charge in [0.1, 0.15) is 5.52 Å². The van der Waals surface area contributed by atoms with Crippen LogP contribution in [0.1, 0.15) is 0 Å². The highest BCUT2D eigenvalue weighted by molar-refractivity contribution is 5.89. The van der Waals surface area contributed by atoms with Crippen molar-refractivity contribution in [2.45, 2.75) is 0 Å². The summed E-state index contributed by atoms with van der Waals surface area (Å²) in [6, 6.07) is 13.8. The van der Waals surface area contributed by atoms with Gasteiger partial charge in [0.25, 0.3) is 0 Å². The second kappa shape index (κ2) is 4.31. The van der Waals surface area contributed by atoms with Crippen molar-refractivity contribution in [3.63, 3.8) is 0 Å². The predicted molar refractivity (Wildman–Crippen MR) is 78.9 cm³/mol. The van der Waals surface area contributed by atoms with Gasteiger partial charge < -0.3 is 5.32 Å². The number of nitrogens with one attached hydrogen (secondary N) is 2. The lowest BCUT2D eigenvalue weighted by atomic mass is 10.2. The molecular weight excluding hydrogens is 250 g/mol. The number of benzene rings is 1. The number of fused-ring (bicyclic) bond motifs is 2. The summed E-state index contributed by atoms with van der Waals surface area (Å²) in [6.45, 7) is 0. The SMILES string of the molecule is c1cnc2cc(Nc3n[nH]c4cccnc34)ccc2c1. The van der Waals surface area contributed by atoms with Crippen LogP contribution in [0.25, 0.3) is 21.9 Å². The van der Waals surface area contributed by atoms with E-state index in [1.165, 1.54) is 0 Å². The molecule has 0 aliphatic heterocycles. The molecule has 4 aromatic rings. The summed E-state index contributed by atoms with van der Waals surface area (Å²) >= 11 is 0. The van der Waals surface area contributed by atoms with Crippen LogP contribution in [0.15, 0.2) is 54.9 Å². The molecule has 5 nitrogen and oxygen atoms in total. The molecule has 0 saturated heterocycles. The fraction of sp³-hybridized carbons (Fsp3) is 0. The molecule has 0 bridgehead atoms. The van der Waals surface area contributed by atoms with Crippen LogP contribution in [0.2, 0.25) is 0 Å². The maximum Gasteiger partial charge on any atom is 0.178 e. The Morgan fingerprint density at radius 1 is 0.950 bits per heavy atom. The molecule has 0 aliphatic rings. The third-order valence-electron chi connectivity index (χ3n) is 3.19. The van der Waals surface area contributed by atoms with Gasteiger partial charge in [-0.25, -0.2) is 0 Å². The van der Waals surface area contributed by atoms with E-state index < -0.39 is 0 Å². The number of aromatic amines is 1. The van der Waals surface area contributed by atoms with Crippen LogP contribution in [0, 0.1) is 0 Å². The Kier molecular flexibility index (Phi) is 2.35. The van der Waals surface area contributed by atoms with E-state index in [9.17, 15) is 0 Å². The first-order chi connectivity index (χ1) is 9.90. The fourth-order valence-corrected chi connectivity index (χ4v) is 2.22. The first-order valence-electron chi connectivity index (χ1n) is 6.31. The molecule has 20 heavy (non-hydrogen) atoms. The minimum absolute atomic E-state index is 0.718. The number of hydrogen-bond acceptors (Lipinski definition) is 4. The Balaban J connectivity index is 1.76. The van der Waals surface area contributed by atoms with E-state index in [1.807, 2.05) is 42.5 Å². The molecule has 96 valence electrons. The molecule has 0 amide bonds. The first-order valence-corrected chi connectivity index (χ1v) is 6.31. The van der Waals surface area contributed by atoms with Gasteiger partial charge in [-0.1, -0.05) is 12.1 Å². The molecule has 0 aliphatic carbocycles. The molecule has 0 spiro atoms. The standard InChI is InChI=1S/C15H11N5/c1-3-10-5-6-11(9-13(10)16-7-1)18-15-14-12(19-20-15)4-2-8-17-14/h1-9H,(H2,18,19,20). The molecule has 3 heterocycles. The number of hydrogen-bond donors (Lipinski definition) is 2. The molecule has 2 N–H and O–H groups in total. The smallest absolute Gasteiger partial charge is 0.178 e. The topological polar surface area (TPSA) is 66.5 Å². The molecule has 0 radical (unpaired) electrons. The lowest BCUT2D eigenvalue weighted by Crippen LogP contribution is -1.92. The highest BCUT2D eigenvalue weighted by atomic mass is 15.2. The summed E-state index contributed by atoms with van der Waals surface area (Å²) in [5.41, 5.74) is 3.63. The Hall–Kier alpha value is -2.95. The molecule has 3 aromatic heterocycles. The van der Waals surface area contributed by atoms with Crippen LogP contribution < -0.4 is 5.32 Å². The van der Waals surface area contributed by atoms with Gasteiger partial charge in [0.05, 0.1) is 11.0 Å². The molecular formula is C15H11N5. The zero-order chi connectivity index (χ0) is 13.4. The van der Waals surface area contributed by atoms with Crippen molar-refractivity contribution in [1.29, 1.82) is 0 Å². The number of anilines is 2. The van der Waals surface area contributed by atoms with E-state index in [2.05, 4.69) is 25.5 Å². The Morgan fingerprint density at radius 3 is 2.85 bits per heavy atom. The molecule has 5 heteroatoms. The molecule has 0 fully saturated rings. The van der Waals surface area contributed by atoms with Crippen LogP contribution in [0.3, 0.4) is 0 Å². The molecule has 0 saturated carbocycles. The van der Waals surface area contributed by atoms with Crippen molar-refractivity contribution in [1.82, 2.24) is 20.2 Å². The van der Waals surface area contributed by atoms with E-state index >= 15 is 0 Å². The number of rotatable bonds is 2. The van der Waals surface area contributed by atoms with Crippen LogP contribution in [0.4, 0.5) is 11.5 Å². The van der Waals surface area contributed by atoms with Crippen molar-refractivity contribution < 1.29 is 0 Å². The number of aromatic nitrogens is 4. The molecule has 0 atom stereocenters. The van der Waals surface area contributed by atoms with Crippen LogP contribution in [0.5, 0.6) is 0 Å². The van der Waals surface area contributed by atoms with Crippen LogP contribution in [-0.2, 0) is 0 Å². The minimum atomic E-state index is 0.718. The Labute approximate surface area is 114 Å². The summed E-state index contributed by atoms with van der Waals surface area (Å²) in [5.74, 6) is 0.718. The average Bonchev–Trinajstić information content (AvgIpc) is 2.91. The quantitative estimate of drug-likeness (QED) is 0.581. The summed E-state index contributed by atoms with van der Waals surface area (Å²) in [4.78, 5) is 8.68. The van der Waals surface area contributed by atoms with E-state index in [1.54, 1.807) is 12.4 Å². The van der Waals surface area contributed by atoms with Crippen molar-refractivity contribution >= 4 is 33.4 Å². The summed E-state index contributed by atoms with van der Waals surface area (Å²) in [6.07, 6.45) is 3.54. The molecule has 0 unspecified atom stereocenters. The van der Waals surface area contributed by atoms with Crippen molar-refractivity contribution in [2.75, 3.05) is 5.32 Å². The van der Waals surface area contributed by atoms with Gasteiger partial charge in [0.2, 0.25) is 0 Å². The predicted octanol–water partition coefficient (Wildman–Crippen LogP) is 3.25. The maximum absolute atomic E-state index is 4.35. The van der Waals surface area contributed by atoms with Crippen molar-refractivity contribution in [3.05, 3.63) is 54.9 Å². The number of pyridine rings is 2. The van der Waals surface area contributed by atoms with Gasteiger partial charge in [-0.15, -0.1) is 0 Å². The van der Waals surface area contributed by atoms with Gasteiger partial charge in [-0.3, -0.25) is 15.1 Å². The highest BCUT2D eigenvalue weighted by Gasteiger charge is 2.06. The van der Waals surface area contributed by atoms with Crippen LogP contribution >= 0.6 is 0 Å². The Morgan fingerprint density at radius 2 is 1.85 bits per heavy atom. The van der Waals surface area contributed by atoms with E-state index in [0.29, 0.717) is 0 Å². The van der Waals surface area contributed by atoms with E-state index in [0.717, 1.165) is 33.4 Å². The van der Waals surface area contributed by atoms with Gasteiger partial charge in [-0.05, 0) is 30.3 Å². The van der Waals surface area contributed by atoms with Gasteiger partial charge in [0, 0.05) is 23.5 Å². The molecule has 4 rings (SSSR count).